The Morgan fingerprint density at radius 3 is 2.68 bits per heavy atom. The fourth-order valence-electron chi connectivity index (χ4n) is 1.91. The van der Waals surface area contributed by atoms with Crippen molar-refractivity contribution >= 4 is 34.9 Å². The van der Waals surface area contributed by atoms with Gasteiger partial charge in [0.05, 0.1) is 11.1 Å². The summed E-state index contributed by atoms with van der Waals surface area (Å²) >= 11 is 7.13. The molecule has 1 atom stereocenters. The average molecular weight is 304 g/mol. The summed E-state index contributed by atoms with van der Waals surface area (Å²) in [5.74, 6) is 1.98. The van der Waals surface area contributed by atoms with Gasteiger partial charge in [-0.1, -0.05) is 12.2 Å². The van der Waals surface area contributed by atoms with Crippen LogP contribution < -0.4 is 10.6 Å². The third-order valence-corrected chi connectivity index (χ3v) is 4.17. The van der Waals surface area contributed by atoms with E-state index >= 15 is 0 Å². The van der Waals surface area contributed by atoms with Gasteiger partial charge in [-0.05, 0) is 19.3 Å². The Hall–Kier alpha value is -0.330. The molecule has 2 N–H and O–H groups in total. The van der Waals surface area contributed by atoms with E-state index in [1.807, 2.05) is 11.8 Å². The maximum atomic E-state index is 10.6. The number of thiocarbonyl (C=S) groups is 1. The predicted octanol–water partition coefficient (Wildman–Crippen LogP) is 1.73. The molecule has 0 aromatic heterocycles. The van der Waals surface area contributed by atoms with E-state index in [9.17, 15) is 4.79 Å². The summed E-state index contributed by atoms with van der Waals surface area (Å²) in [4.78, 5) is 11.6. The molecule has 0 saturated carbocycles. The highest BCUT2D eigenvalue weighted by atomic mass is 32.2. The van der Waals surface area contributed by atoms with Crippen LogP contribution in [0.5, 0.6) is 0 Å². The van der Waals surface area contributed by atoms with Crippen molar-refractivity contribution in [1.29, 1.82) is 0 Å². The van der Waals surface area contributed by atoms with Crippen molar-refractivity contribution in [2.45, 2.75) is 38.7 Å². The standard InChI is InChI=1S/C13H24N2O2S2/c1-11(16)14-5-8-19-9-6-15-13(18)10-12-4-2-3-7-17-12/h12H,2-10H2,1H3,(H,14,16)(H,15,18). The van der Waals surface area contributed by atoms with Gasteiger partial charge >= 0.3 is 0 Å². The molecule has 6 heteroatoms. The van der Waals surface area contributed by atoms with E-state index in [0.29, 0.717) is 6.10 Å². The second-order valence-corrected chi connectivity index (χ2v) is 6.36. The van der Waals surface area contributed by atoms with E-state index in [-0.39, 0.29) is 5.91 Å². The zero-order valence-corrected chi connectivity index (χ0v) is 13.2. The normalized spacial score (nSPS) is 18.9. The lowest BCUT2D eigenvalue weighted by atomic mass is 10.1. The first-order chi connectivity index (χ1) is 9.18. The smallest absolute Gasteiger partial charge is 0.216 e. The van der Waals surface area contributed by atoms with Gasteiger partial charge in [0.1, 0.15) is 0 Å². The maximum absolute atomic E-state index is 10.6. The fraction of sp³-hybridized carbons (Fsp3) is 0.846. The summed E-state index contributed by atoms with van der Waals surface area (Å²) < 4.78 is 5.66. The molecule has 4 nitrogen and oxygen atoms in total. The van der Waals surface area contributed by atoms with Gasteiger partial charge in [-0.25, -0.2) is 0 Å². The van der Waals surface area contributed by atoms with Gasteiger partial charge in [0, 0.05) is 44.5 Å². The summed E-state index contributed by atoms with van der Waals surface area (Å²) in [7, 11) is 0. The van der Waals surface area contributed by atoms with Crippen molar-refractivity contribution < 1.29 is 9.53 Å². The molecule has 110 valence electrons. The van der Waals surface area contributed by atoms with Crippen LogP contribution in [-0.2, 0) is 9.53 Å². The number of amides is 1. The number of hydrogen-bond donors (Lipinski definition) is 2. The largest absolute Gasteiger partial charge is 0.379 e. The SMILES string of the molecule is CC(=O)NCCSCCNC(=S)CC1CCCCO1. The van der Waals surface area contributed by atoms with Crippen LogP contribution in [-0.4, -0.2) is 48.2 Å². The molecule has 1 aliphatic heterocycles. The summed E-state index contributed by atoms with van der Waals surface area (Å²) in [5.41, 5.74) is 0. The molecule has 1 fully saturated rings. The Morgan fingerprint density at radius 1 is 1.32 bits per heavy atom. The molecule has 0 radical (unpaired) electrons. The quantitative estimate of drug-likeness (QED) is 0.528. The third-order valence-electron chi connectivity index (χ3n) is 2.88. The molecule has 0 aromatic carbocycles. The first kappa shape index (κ1) is 16.7. The summed E-state index contributed by atoms with van der Waals surface area (Å²) in [6.07, 6.45) is 4.74. The zero-order chi connectivity index (χ0) is 13.9. The molecule has 1 amide bonds. The molecule has 0 spiro atoms. The molecule has 1 unspecified atom stereocenters. The summed E-state index contributed by atoms with van der Waals surface area (Å²) in [5, 5.41) is 6.05. The Kier molecular flexibility index (Phi) is 9.20. The van der Waals surface area contributed by atoms with Gasteiger partial charge in [0.2, 0.25) is 5.91 Å². The zero-order valence-electron chi connectivity index (χ0n) is 11.6. The maximum Gasteiger partial charge on any atom is 0.216 e. The van der Waals surface area contributed by atoms with E-state index in [1.54, 1.807) is 0 Å². The number of ether oxygens (including phenoxy) is 1. The summed E-state index contributed by atoms with van der Waals surface area (Å²) in [6, 6.07) is 0. The van der Waals surface area contributed by atoms with Gasteiger partial charge in [0.15, 0.2) is 0 Å². The molecule has 0 aliphatic carbocycles. The van der Waals surface area contributed by atoms with Crippen LogP contribution in [0.15, 0.2) is 0 Å². The van der Waals surface area contributed by atoms with Gasteiger partial charge in [-0.15, -0.1) is 0 Å². The molecular weight excluding hydrogens is 280 g/mol. The highest BCUT2D eigenvalue weighted by molar-refractivity contribution is 7.99. The molecule has 1 heterocycles. The van der Waals surface area contributed by atoms with E-state index in [1.165, 1.54) is 19.8 Å². The monoisotopic (exact) mass is 304 g/mol. The average Bonchev–Trinajstić information content (AvgIpc) is 2.38. The highest BCUT2D eigenvalue weighted by Crippen LogP contribution is 2.15. The molecule has 1 rings (SSSR count). The minimum absolute atomic E-state index is 0.0346. The van der Waals surface area contributed by atoms with Gasteiger partial charge in [-0.3, -0.25) is 4.79 Å². The van der Waals surface area contributed by atoms with Crippen molar-refractivity contribution in [2.75, 3.05) is 31.2 Å². The van der Waals surface area contributed by atoms with Crippen LogP contribution in [0, 0.1) is 0 Å². The van der Waals surface area contributed by atoms with E-state index < -0.39 is 0 Å². The molecular formula is C13H24N2O2S2. The van der Waals surface area contributed by atoms with Gasteiger partial charge < -0.3 is 15.4 Å². The third kappa shape index (κ3) is 9.24. The number of thioether (sulfide) groups is 1. The molecule has 0 bridgehead atoms. The Bertz CT molecular complexity index is 282. The van der Waals surface area contributed by atoms with Crippen LogP contribution in [0.25, 0.3) is 0 Å². The number of carbonyl (C=O) groups is 1. The van der Waals surface area contributed by atoms with Crippen molar-refractivity contribution in [3.63, 3.8) is 0 Å². The fourth-order valence-corrected chi connectivity index (χ4v) is 2.90. The molecule has 19 heavy (non-hydrogen) atoms. The topological polar surface area (TPSA) is 50.4 Å². The van der Waals surface area contributed by atoms with Crippen LogP contribution in [0.1, 0.15) is 32.6 Å². The lowest BCUT2D eigenvalue weighted by Gasteiger charge is -2.23. The number of carbonyl (C=O) groups excluding carboxylic acids is 1. The van der Waals surface area contributed by atoms with Crippen LogP contribution >= 0.6 is 24.0 Å². The van der Waals surface area contributed by atoms with Crippen molar-refractivity contribution in [2.24, 2.45) is 0 Å². The van der Waals surface area contributed by atoms with Crippen molar-refractivity contribution in [3.8, 4) is 0 Å². The predicted molar refractivity (Wildman–Crippen MR) is 84.8 cm³/mol. The highest BCUT2D eigenvalue weighted by Gasteiger charge is 2.15. The second-order valence-electron chi connectivity index (χ2n) is 4.64. The number of hydrogen-bond acceptors (Lipinski definition) is 4. The minimum atomic E-state index is 0.0346. The molecule has 0 aromatic rings. The van der Waals surface area contributed by atoms with Crippen molar-refractivity contribution in [3.05, 3.63) is 0 Å². The van der Waals surface area contributed by atoms with E-state index in [0.717, 1.165) is 49.0 Å². The second kappa shape index (κ2) is 10.5. The lowest BCUT2D eigenvalue weighted by molar-refractivity contribution is -0.118. The van der Waals surface area contributed by atoms with Crippen LogP contribution in [0.3, 0.4) is 0 Å². The van der Waals surface area contributed by atoms with Gasteiger partial charge in [0.25, 0.3) is 0 Å². The number of rotatable bonds is 8. The summed E-state index contributed by atoms with van der Waals surface area (Å²) in [6.45, 7) is 4.04. The minimum Gasteiger partial charge on any atom is -0.379 e. The molecule has 1 saturated heterocycles. The molecule has 1 aliphatic rings. The Balaban J connectivity index is 1.90. The Morgan fingerprint density at radius 2 is 2.05 bits per heavy atom. The number of nitrogens with one attached hydrogen (secondary N) is 2. The van der Waals surface area contributed by atoms with Crippen molar-refractivity contribution in [1.82, 2.24) is 10.6 Å². The van der Waals surface area contributed by atoms with Gasteiger partial charge in [-0.2, -0.15) is 11.8 Å². The van der Waals surface area contributed by atoms with Crippen LogP contribution in [0.2, 0.25) is 0 Å². The first-order valence-electron chi connectivity index (χ1n) is 6.89. The Labute approximate surface area is 125 Å². The van der Waals surface area contributed by atoms with Crippen LogP contribution in [0.4, 0.5) is 0 Å². The van der Waals surface area contributed by atoms with E-state index in [4.69, 9.17) is 17.0 Å². The first-order valence-corrected chi connectivity index (χ1v) is 8.45. The lowest BCUT2D eigenvalue weighted by Crippen LogP contribution is -2.30. The van der Waals surface area contributed by atoms with E-state index in [2.05, 4.69) is 10.6 Å².